The molecule has 1 aromatic carbocycles. The molecule has 1 atom stereocenters. The first-order chi connectivity index (χ1) is 7.13. The lowest BCUT2D eigenvalue weighted by molar-refractivity contribution is -0.141. The molecule has 0 heterocycles. The Kier molecular flexibility index (Phi) is 2.20. The summed E-state index contributed by atoms with van der Waals surface area (Å²) in [4.78, 5) is 10.9. The van der Waals surface area contributed by atoms with E-state index in [1.54, 1.807) is 6.07 Å². The summed E-state index contributed by atoms with van der Waals surface area (Å²) in [6.07, 6.45) is 1.16. The number of benzene rings is 1. The Bertz CT molecular complexity index is 471. The second kappa shape index (κ2) is 3.39. The Morgan fingerprint density at radius 2 is 2.27 bits per heavy atom. The van der Waals surface area contributed by atoms with Crippen LogP contribution in [0.3, 0.4) is 0 Å². The molecule has 0 spiro atoms. The van der Waals surface area contributed by atoms with Gasteiger partial charge in [-0.1, -0.05) is 6.07 Å². The fraction of sp³-hybridized carbons (Fsp3) is 0.333. The summed E-state index contributed by atoms with van der Waals surface area (Å²) >= 11 is 0. The van der Waals surface area contributed by atoms with Crippen LogP contribution in [-0.4, -0.2) is 11.1 Å². The molecule has 1 unspecified atom stereocenters. The van der Waals surface area contributed by atoms with Crippen molar-refractivity contribution in [3.8, 4) is 6.07 Å². The number of rotatable bonds is 1. The molecule has 1 aliphatic rings. The van der Waals surface area contributed by atoms with Gasteiger partial charge < -0.3 is 5.11 Å². The van der Waals surface area contributed by atoms with Gasteiger partial charge in [-0.25, -0.2) is 0 Å². The minimum absolute atomic E-state index is 0.312. The number of carboxylic acids is 1. The van der Waals surface area contributed by atoms with Crippen LogP contribution < -0.4 is 0 Å². The van der Waals surface area contributed by atoms with Gasteiger partial charge in [-0.05, 0) is 42.5 Å². The predicted molar refractivity (Wildman–Crippen MR) is 54.4 cm³/mol. The maximum atomic E-state index is 10.9. The van der Waals surface area contributed by atoms with Crippen molar-refractivity contribution in [1.29, 1.82) is 5.26 Å². The van der Waals surface area contributed by atoms with Gasteiger partial charge in [-0.2, -0.15) is 5.26 Å². The maximum Gasteiger partial charge on any atom is 0.307 e. The zero-order valence-corrected chi connectivity index (χ0v) is 8.45. The van der Waals surface area contributed by atoms with Crippen LogP contribution in [0.15, 0.2) is 12.1 Å². The quantitative estimate of drug-likeness (QED) is 0.751. The highest BCUT2D eigenvalue weighted by atomic mass is 16.4. The topological polar surface area (TPSA) is 61.1 Å². The van der Waals surface area contributed by atoms with Crippen molar-refractivity contribution in [2.75, 3.05) is 0 Å². The molecule has 1 aromatic rings. The minimum atomic E-state index is -0.746. The Balaban J connectivity index is 2.44. The molecule has 0 saturated carbocycles. The van der Waals surface area contributed by atoms with E-state index in [-0.39, 0.29) is 5.92 Å². The highest BCUT2D eigenvalue weighted by Gasteiger charge is 2.28. The molecule has 2 rings (SSSR count). The SMILES string of the molecule is Cc1c(C#N)ccc2c1CC(C(=O)O)C2. The summed E-state index contributed by atoms with van der Waals surface area (Å²) in [6.45, 7) is 1.89. The molecule has 15 heavy (non-hydrogen) atoms. The van der Waals surface area contributed by atoms with Crippen molar-refractivity contribution in [2.24, 2.45) is 5.92 Å². The van der Waals surface area contributed by atoms with Gasteiger partial charge in [0.2, 0.25) is 0 Å². The van der Waals surface area contributed by atoms with Gasteiger partial charge in [0.1, 0.15) is 0 Å². The second-order valence-corrected chi connectivity index (χ2v) is 3.93. The second-order valence-electron chi connectivity index (χ2n) is 3.93. The van der Waals surface area contributed by atoms with Crippen LogP contribution in [0.5, 0.6) is 0 Å². The van der Waals surface area contributed by atoms with Crippen LogP contribution in [0, 0.1) is 24.2 Å². The molecular weight excluding hydrogens is 190 g/mol. The van der Waals surface area contributed by atoms with Crippen molar-refractivity contribution >= 4 is 5.97 Å². The van der Waals surface area contributed by atoms with Gasteiger partial charge in [0.25, 0.3) is 0 Å². The number of hydrogen-bond acceptors (Lipinski definition) is 2. The molecule has 1 N–H and O–H groups in total. The van der Waals surface area contributed by atoms with Gasteiger partial charge in [0.15, 0.2) is 0 Å². The molecule has 0 aliphatic heterocycles. The Morgan fingerprint density at radius 3 is 2.87 bits per heavy atom. The molecule has 1 aliphatic carbocycles. The largest absolute Gasteiger partial charge is 0.481 e. The molecule has 0 radical (unpaired) electrons. The van der Waals surface area contributed by atoms with E-state index in [0.29, 0.717) is 18.4 Å². The monoisotopic (exact) mass is 201 g/mol. The predicted octanol–water partition coefficient (Wildman–Crippen LogP) is 1.67. The number of carbonyl (C=O) groups is 1. The fourth-order valence-corrected chi connectivity index (χ4v) is 2.17. The fourth-order valence-electron chi connectivity index (χ4n) is 2.17. The van der Waals surface area contributed by atoms with Crippen molar-refractivity contribution in [2.45, 2.75) is 19.8 Å². The van der Waals surface area contributed by atoms with Gasteiger partial charge in [0, 0.05) is 0 Å². The molecule has 0 amide bonds. The molecule has 3 nitrogen and oxygen atoms in total. The van der Waals surface area contributed by atoms with E-state index in [0.717, 1.165) is 16.7 Å². The Labute approximate surface area is 88.0 Å². The summed E-state index contributed by atoms with van der Waals surface area (Å²) < 4.78 is 0. The summed E-state index contributed by atoms with van der Waals surface area (Å²) in [5.41, 5.74) is 3.74. The third-order valence-electron chi connectivity index (χ3n) is 3.08. The first-order valence-electron chi connectivity index (χ1n) is 4.87. The van der Waals surface area contributed by atoms with Crippen LogP contribution in [-0.2, 0) is 17.6 Å². The van der Waals surface area contributed by atoms with Gasteiger partial charge in [0.05, 0.1) is 17.6 Å². The van der Waals surface area contributed by atoms with Crippen LogP contribution in [0.2, 0.25) is 0 Å². The lowest BCUT2D eigenvalue weighted by Gasteiger charge is -2.04. The van der Waals surface area contributed by atoms with Crippen LogP contribution in [0.1, 0.15) is 22.3 Å². The number of aliphatic carboxylic acids is 1. The smallest absolute Gasteiger partial charge is 0.307 e. The van der Waals surface area contributed by atoms with Crippen LogP contribution in [0.25, 0.3) is 0 Å². The van der Waals surface area contributed by atoms with E-state index in [4.69, 9.17) is 10.4 Å². The van der Waals surface area contributed by atoms with Crippen LogP contribution >= 0.6 is 0 Å². The summed E-state index contributed by atoms with van der Waals surface area (Å²) in [5.74, 6) is -1.06. The van der Waals surface area contributed by atoms with Gasteiger partial charge in [-0.15, -0.1) is 0 Å². The van der Waals surface area contributed by atoms with Crippen molar-refractivity contribution in [3.05, 3.63) is 34.4 Å². The van der Waals surface area contributed by atoms with E-state index in [9.17, 15) is 4.79 Å². The van der Waals surface area contributed by atoms with Gasteiger partial charge in [-0.3, -0.25) is 4.79 Å². The minimum Gasteiger partial charge on any atom is -0.481 e. The number of nitrogens with zero attached hydrogens (tertiary/aromatic N) is 1. The molecule has 3 heteroatoms. The highest BCUT2D eigenvalue weighted by Crippen LogP contribution is 2.30. The van der Waals surface area contributed by atoms with E-state index < -0.39 is 5.97 Å². The maximum absolute atomic E-state index is 10.9. The molecule has 0 fully saturated rings. The molecule has 0 saturated heterocycles. The lowest BCUT2D eigenvalue weighted by atomic mass is 9.99. The van der Waals surface area contributed by atoms with Crippen molar-refractivity contribution in [1.82, 2.24) is 0 Å². The van der Waals surface area contributed by atoms with E-state index in [1.807, 2.05) is 13.0 Å². The van der Waals surface area contributed by atoms with Gasteiger partial charge >= 0.3 is 5.97 Å². The van der Waals surface area contributed by atoms with E-state index in [2.05, 4.69) is 6.07 Å². The molecular formula is C12H11NO2. The van der Waals surface area contributed by atoms with E-state index in [1.165, 1.54) is 0 Å². The number of nitriles is 1. The summed E-state index contributed by atoms with van der Waals surface area (Å²) in [7, 11) is 0. The average molecular weight is 201 g/mol. The lowest BCUT2D eigenvalue weighted by Crippen LogP contribution is -2.13. The molecule has 0 bridgehead atoms. The highest BCUT2D eigenvalue weighted by molar-refractivity contribution is 5.72. The third-order valence-corrected chi connectivity index (χ3v) is 3.08. The standard InChI is InChI=1S/C12H11NO2/c1-7-9(6-13)3-2-8-4-10(12(14)15)5-11(7)8/h2-3,10H,4-5H2,1H3,(H,14,15). The first kappa shape index (κ1) is 9.72. The zero-order chi connectivity index (χ0) is 11.0. The molecule has 0 aromatic heterocycles. The normalized spacial score (nSPS) is 18.3. The zero-order valence-electron chi connectivity index (χ0n) is 8.45. The average Bonchev–Trinajstić information content (AvgIpc) is 2.63. The van der Waals surface area contributed by atoms with E-state index >= 15 is 0 Å². The number of carboxylic acid groups (broad SMARTS) is 1. The number of hydrogen-bond donors (Lipinski definition) is 1. The summed E-state index contributed by atoms with van der Waals surface area (Å²) in [6, 6.07) is 5.78. The van der Waals surface area contributed by atoms with Crippen molar-refractivity contribution in [3.63, 3.8) is 0 Å². The summed E-state index contributed by atoms with van der Waals surface area (Å²) in [5, 5.41) is 17.8. The Morgan fingerprint density at radius 1 is 1.53 bits per heavy atom. The Hall–Kier alpha value is -1.82. The van der Waals surface area contributed by atoms with Crippen molar-refractivity contribution < 1.29 is 9.90 Å². The molecule has 76 valence electrons. The third kappa shape index (κ3) is 1.48. The first-order valence-corrected chi connectivity index (χ1v) is 4.87. The van der Waals surface area contributed by atoms with Crippen LogP contribution in [0.4, 0.5) is 0 Å². The number of fused-ring (bicyclic) bond motifs is 1.